The second kappa shape index (κ2) is 8.33. The molecule has 2 atom stereocenters. The van der Waals surface area contributed by atoms with E-state index in [0.717, 1.165) is 43.8 Å². The minimum atomic E-state index is -0.644. The van der Waals surface area contributed by atoms with Crippen molar-refractivity contribution in [1.29, 1.82) is 0 Å². The minimum Gasteiger partial charge on any atom is -0.489 e. The van der Waals surface area contributed by atoms with Crippen LogP contribution in [0.2, 0.25) is 0 Å². The number of benzene rings is 2. The van der Waals surface area contributed by atoms with E-state index in [9.17, 15) is 9.90 Å². The molecule has 148 valence electrons. The highest BCUT2D eigenvalue weighted by molar-refractivity contribution is 5.84. The molecule has 1 spiro atoms. The van der Waals surface area contributed by atoms with Crippen molar-refractivity contribution in [2.75, 3.05) is 19.6 Å². The van der Waals surface area contributed by atoms with Crippen LogP contribution in [0.15, 0.2) is 54.6 Å². The molecule has 5 nitrogen and oxygen atoms in total. The van der Waals surface area contributed by atoms with Gasteiger partial charge in [0.25, 0.3) is 0 Å². The Morgan fingerprint density at radius 1 is 1.11 bits per heavy atom. The average molecular weight is 380 g/mol. The van der Waals surface area contributed by atoms with Gasteiger partial charge in [0.1, 0.15) is 12.4 Å². The molecule has 4 rings (SSSR count). The molecule has 2 aliphatic rings. The molecule has 2 aliphatic heterocycles. The van der Waals surface area contributed by atoms with Crippen LogP contribution in [-0.4, -0.2) is 41.7 Å². The summed E-state index contributed by atoms with van der Waals surface area (Å²) in [6.45, 7) is 3.48. The van der Waals surface area contributed by atoms with E-state index < -0.39 is 11.5 Å². The second-order valence-corrected chi connectivity index (χ2v) is 7.95. The number of hydrogen-bond donors (Lipinski definition) is 2. The van der Waals surface area contributed by atoms with Crippen LogP contribution in [0.25, 0.3) is 0 Å². The van der Waals surface area contributed by atoms with Gasteiger partial charge in [-0.05, 0) is 42.5 Å². The predicted molar refractivity (Wildman–Crippen MR) is 108 cm³/mol. The summed E-state index contributed by atoms with van der Waals surface area (Å²) in [6, 6.07) is 18.3. The molecule has 0 bridgehead atoms. The maximum Gasteiger partial charge on any atom is 0.230 e. The number of rotatable bonds is 5. The van der Waals surface area contributed by atoms with Crippen molar-refractivity contribution in [3.8, 4) is 5.75 Å². The normalized spacial score (nSPS) is 25.5. The lowest BCUT2D eigenvalue weighted by Crippen LogP contribution is -2.61. The molecule has 0 aromatic heterocycles. The Hall–Kier alpha value is -2.37. The Kier molecular flexibility index (Phi) is 5.64. The van der Waals surface area contributed by atoms with Crippen LogP contribution in [-0.2, 0) is 17.9 Å². The summed E-state index contributed by atoms with van der Waals surface area (Å²) in [5.74, 6) is 0.866. The number of ether oxygens (including phenoxy) is 1. The highest BCUT2D eigenvalue weighted by Crippen LogP contribution is 2.37. The SMILES string of the molecule is O=C1NCCC[C@]12CN(Cc1ccc(OCc3ccccc3)cc1)CCC2O. The lowest BCUT2D eigenvalue weighted by atomic mass is 9.71. The van der Waals surface area contributed by atoms with E-state index in [0.29, 0.717) is 19.6 Å². The number of nitrogens with zero attached hydrogens (tertiary/aromatic N) is 1. The molecule has 5 heteroatoms. The van der Waals surface area contributed by atoms with Gasteiger partial charge in [0, 0.05) is 26.2 Å². The lowest BCUT2D eigenvalue weighted by Gasteiger charge is -2.47. The number of piperidine rings is 2. The molecular formula is C23H28N2O3. The highest BCUT2D eigenvalue weighted by Gasteiger charge is 2.49. The van der Waals surface area contributed by atoms with Gasteiger partial charge in [-0.15, -0.1) is 0 Å². The maximum absolute atomic E-state index is 12.5. The standard InChI is InChI=1S/C23H28N2O3/c26-21-11-14-25(17-23(21)12-4-13-24-22(23)27)15-18-7-9-20(10-8-18)28-16-19-5-2-1-3-6-19/h1-3,5-10,21,26H,4,11-17H2,(H,24,27)/t21?,23-/m1/s1. The second-order valence-electron chi connectivity index (χ2n) is 7.95. The Morgan fingerprint density at radius 3 is 2.64 bits per heavy atom. The number of likely N-dealkylation sites (tertiary alicyclic amines) is 1. The molecule has 1 unspecified atom stereocenters. The van der Waals surface area contributed by atoms with E-state index in [-0.39, 0.29) is 5.91 Å². The van der Waals surface area contributed by atoms with Gasteiger partial charge in [-0.3, -0.25) is 9.69 Å². The van der Waals surface area contributed by atoms with Crippen molar-refractivity contribution in [3.63, 3.8) is 0 Å². The van der Waals surface area contributed by atoms with Crippen molar-refractivity contribution in [2.45, 2.75) is 38.5 Å². The Labute approximate surface area is 166 Å². The molecule has 2 fully saturated rings. The molecule has 0 radical (unpaired) electrons. The lowest BCUT2D eigenvalue weighted by molar-refractivity contribution is -0.149. The number of aliphatic hydroxyl groups excluding tert-OH is 1. The molecule has 0 saturated carbocycles. The number of amides is 1. The fourth-order valence-electron chi connectivity index (χ4n) is 4.35. The molecule has 2 heterocycles. The van der Waals surface area contributed by atoms with E-state index in [1.54, 1.807) is 0 Å². The van der Waals surface area contributed by atoms with Crippen LogP contribution < -0.4 is 10.1 Å². The number of aliphatic hydroxyl groups is 1. The monoisotopic (exact) mass is 380 g/mol. The van der Waals surface area contributed by atoms with Crippen LogP contribution >= 0.6 is 0 Å². The van der Waals surface area contributed by atoms with Crippen molar-refractivity contribution >= 4 is 5.91 Å². The van der Waals surface area contributed by atoms with Crippen molar-refractivity contribution in [1.82, 2.24) is 10.2 Å². The third-order valence-corrected chi connectivity index (χ3v) is 5.98. The van der Waals surface area contributed by atoms with Crippen molar-refractivity contribution in [3.05, 3.63) is 65.7 Å². The van der Waals surface area contributed by atoms with Crippen LogP contribution in [0.3, 0.4) is 0 Å². The quantitative estimate of drug-likeness (QED) is 0.837. The maximum atomic E-state index is 12.5. The first kappa shape index (κ1) is 19.0. The number of carbonyl (C=O) groups is 1. The average Bonchev–Trinajstić information content (AvgIpc) is 2.73. The first-order valence-electron chi connectivity index (χ1n) is 10.1. The van der Waals surface area contributed by atoms with E-state index >= 15 is 0 Å². The van der Waals surface area contributed by atoms with Crippen LogP contribution in [0.5, 0.6) is 5.75 Å². The first-order valence-corrected chi connectivity index (χ1v) is 10.1. The zero-order chi connectivity index (χ0) is 19.4. The molecule has 2 saturated heterocycles. The molecule has 1 amide bonds. The van der Waals surface area contributed by atoms with Crippen LogP contribution in [0, 0.1) is 5.41 Å². The summed E-state index contributed by atoms with van der Waals surface area (Å²) in [5, 5.41) is 13.5. The third-order valence-electron chi connectivity index (χ3n) is 5.98. The smallest absolute Gasteiger partial charge is 0.230 e. The molecule has 2 aromatic carbocycles. The number of hydrogen-bond acceptors (Lipinski definition) is 4. The summed E-state index contributed by atoms with van der Waals surface area (Å²) in [5.41, 5.74) is 1.69. The minimum absolute atomic E-state index is 0.0145. The van der Waals surface area contributed by atoms with E-state index in [4.69, 9.17) is 4.74 Å². The van der Waals surface area contributed by atoms with Gasteiger partial charge >= 0.3 is 0 Å². The van der Waals surface area contributed by atoms with Gasteiger partial charge in [-0.2, -0.15) is 0 Å². The first-order chi connectivity index (χ1) is 13.7. The van der Waals surface area contributed by atoms with Crippen LogP contribution in [0.4, 0.5) is 0 Å². The number of carbonyl (C=O) groups excluding carboxylic acids is 1. The highest BCUT2D eigenvalue weighted by atomic mass is 16.5. The molecule has 2 N–H and O–H groups in total. The van der Waals surface area contributed by atoms with Gasteiger partial charge in [0.15, 0.2) is 0 Å². The zero-order valence-corrected chi connectivity index (χ0v) is 16.1. The van der Waals surface area contributed by atoms with Gasteiger partial charge in [-0.25, -0.2) is 0 Å². The van der Waals surface area contributed by atoms with E-state index in [2.05, 4.69) is 34.5 Å². The molecule has 28 heavy (non-hydrogen) atoms. The zero-order valence-electron chi connectivity index (χ0n) is 16.1. The molecule has 0 aliphatic carbocycles. The summed E-state index contributed by atoms with van der Waals surface area (Å²) in [4.78, 5) is 14.8. The Balaban J connectivity index is 1.35. The van der Waals surface area contributed by atoms with Crippen molar-refractivity contribution < 1.29 is 14.6 Å². The third kappa shape index (κ3) is 4.05. The molecular weight excluding hydrogens is 352 g/mol. The van der Waals surface area contributed by atoms with Gasteiger partial charge in [0.2, 0.25) is 5.91 Å². The van der Waals surface area contributed by atoms with Crippen LogP contribution in [0.1, 0.15) is 30.4 Å². The van der Waals surface area contributed by atoms with E-state index in [1.807, 2.05) is 30.3 Å². The Bertz CT molecular complexity index is 793. The summed E-state index contributed by atoms with van der Waals surface area (Å²) in [7, 11) is 0. The fraction of sp³-hybridized carbons (Fsp3) is 0.435. The summed E-state index contributed by atoms with van der Waals surface area (Å²) >= 11 is 0. The van der Waals surface area contributed by atoms with E-state index in [1.165, 1.54) is 5.56 Å². The summed E-state index contributed by atoms with van der Waals surface area (Å²) < 4.78 is 5.86. The van der Waals surface area contributed by atoms with Gasteiger partial charge in [0.05, 0.1) is 11.5 Å². The van der Waals surface area contributed by atoms with Gasteiger partial charge in [-0.1, -0.05) is 42.5 Å². The fourth-order valence-corrected chi connectivity index (χ4v) is 4.35. The topological polar surface area (TPSA) is 61.8 Å². The number of nitrogens with one attached hydrogen (secondary N) is 1. The summed E-state index contributed by atoms with van der Waals surface area (Å²) in [6.07, 6.45) is 1.80. The van der Waals surface area contributed by atoms with Crippen molar-refractivity contribution in [2.24, 2.45) is 5.41 Å². The molecule has 2 aromatic rings. The Morgan fingerprint density at radius 2 is 1.89 bits per heavy atom. The van der Waals surface area contributed by atoms with Gasteiger partial charge < -0.3 is 15.2 Å². The largest absolute Gasteiger partial charge is 0.489 e. The predicted octanol–water partition coefficient (Wildman–Crippen LogP) is 2.73.